The van der Waals surface area contributed by atoms with E-state index < -0.39 is 4.92 Å². The Morgan fingerprint density at radius 3 is 2.48 bits per heavy atom. The lowest BCUT2D eigenvalue weighted by Gasteiger charge is -2.32. The second-order valence-electron chi connectivity index (χ2n) is 5.63. The Hall–Kier alpha value is -2.15. The molecule has 0 saturated carbocycles. The molecule has 21 heavy (non-hydrogen) atoms. The van der Waals surface area contributed by atoms with E-state index in [0.717, 1.165) is 0 Å². The fourth-order valence-electron chi connectivity index (χ4n) is 1.60. The Labute approximate surface area is 124 Å². The van der Waals surface area contributed by atoms with Crippen molar-refractivity contribution < 1.29 is 9.72 Å². The fraction of sp³-hybridized carbons (Fsp3) is 0.500. The summed E-state index contributed by atoms with van der Waals surface area (Å²) in [6, 6.07) is 4.18. The first-order valence-corrected chi connectivity index (χ1v) is 6.61. The summed E-state index contributed by atoms with van der Waals surface area (Å²) in [5.41, 5.74) is 0.504. The van der Waals surface area contributed by atoms with Gasteiger partial charge in [0, 0.05) is 37.0 Å². The summed E-state index contributed by atoms with van der Waals surface area (Å²) in [5.74, 6) is -0.335. The number of nitro benzene ring substituents is 1. The molecule has 0 saturated heterocycles. The summed E-state index contributed by atoms with van der Waals surface area (Å²) in [5, 5.41) is 16.5. The SMILES string of the molecule is CNc1ccc([N+](=O)[O-])cc1C(=O)NCC(C)(C)N(C)C. The first-order chi connectivity index (χ1) is 9.69. The largest absolute Gasteiger partial charge is 0.387 e. The maximum Gasteiger partial charge on any atom is 0.270 e. The molecular weight excluding hydrogens is 272 g/mol. The number of amides is 1. The standard InChI is InChI=1S/C14H22N4O3/c1-14(2,17(4)5)9-16-13(19)11-8-10(18(20)21)6-7-12(11)15-3/h6-8,15H,9H2,1-5H3,(H,16,19). The number of likely N-dealkylation sites (N-methyl/N-ethyl adjacent to an activating group) is 1. The summed E-state index contributed by atoms with van der Waals surface area (Å²) in [6.45, 7) is 4.43. The predicted molar refractivity (Wildman–Crippen MR) is 82.7 cm³/mol. The van der Waals surface area contributed by atoms with Gasteiger partial charge in [-0.15, -0.1) is 0 Å². The molecule has 0 aliphatic heterocycles. The average Bonchev–Trinajstić information content (AvgIpc) is 2.43. The van der Waals surface area contributed by atoms with Crippen LogP contribution in [0.4, 0.5) is 11.4 Å². The van der Waals surface area contributed by atoms with E-state index in [1.54, 1.807) is 7.05 Å². The molecule has 7 nitrogen and oxygen atoms in total. The first-order valence-electron chi connectivity index (χ1n) is 6.61. The van der Waals surface area contributed by atoms with Gasteiger partial charge >= 0.3 is 0 Å². The van der Waals surface area contributed by atoms with E-state index in [1.807, 2.05) is 32.8 Å². The van der Waals surface area contributed by atoms with E-state index in [2.05, 4.69) is 10.6 Å². The Kier molecular flexibility index (Phi) is 5.26. The summed E-state index contributed by atoms with van der Waals surface area (Å²) in [6.07, 6.45) is 0. The van der Waals surface area contributed by atoms with Crippen molar-refractivity contribution in [2.45, 2.75) is 19.4 Å². The molecule has 0 radical (unpaired) electrons. The fourth-order valence-corrected chi connectivity index (χ4v) is 1.60. The number of carbonyl (C=O) groups excluding carboxylic acids is 1. The minimum Gasteiger partial charge on any atom is -0.387 e. The van der Waals surface area contributed by atoms with Crippen LogP contribution in [0.5, 0.6) is 0 Å². The lowest BCUT2D eigenvalue weighted by atomic mass is 10.0. The smallest absolute Gasteiger partial charge is 0.270 e. The Morgan fingerprint density at radius 1 is 1.38 bits per heavy atom. The molecular formula is C14H22N4O3. The Morgan fingerprint density at radius 2 is 2.00 bits per heavy atom. The summed E-state index contributed by atoms with van der Waals surface area (Å²) in [4.78, 5) is 24.6. The van der Waals surface area contributed by atoms with Gasteiger partial charge in [-0.2, -0.15) is 0 Å². The Balaban J connectivity index is 2.96. The van der Waals surface area contributed by atoms with Gasteiger partial charge in [0.1, 0.15) is 0 Å². The molecule has 1 amide bonds. The maximum absolute atomic E-state index is 12.3. The van der Waals surface area contributed by atoms with Crippen LogP contribution < -0.4 is 10.6 Å². The maximum atomic E-state index is 12.3. The summed E-state index contributed by atoms with van der Waals surface area (Å²) in [7, 11) is 5.53. The number of hydrogen-bond donors (Lipinski definition) is 2. The highest BCUT2D eigenvalue weighted by atomic mass is 16.6. The quantitative estimate of drug-likeness (QED) is 0.616. The molecule has 0 aliphatic rings. The minimum absolute atomic E-state index is 0.106. The molecule has 0 spiro atoms. The van der Waals surface area contributed by atoms with Crippen molar-refractivity contribution in [3.63, 3.8) is 0 Å². The zero-order valence-electron chi connectivity index (χ0n) is 13.1. The van der Waals surface area contributed by atoms with Crippen molar-refractivity contribution in [3.05, 3.63) is 33.9 Å². The molecule has 1 rings (SSSR count). The van der Waals surface area contributed by atoms with Crippen molar-refractivity contribution in [1.82, 2.24) is 10.2 Å². The van der Waals surface area contributed by atoms with Crippen LogP contribution in [0.25, 0.3) is 0 Å². The second-order valence-corrected chi connectivity index (χ2v) is 5.63. The number of non-ortho nitro benzene ring substituents is 1. The molecule has 0 heterocycles. The van der Waals surface area contributed by atoms with Gasteiger partial charge in [0.2, 0.25) is 0 Å². The van der Waals surface area contributed by atoms with Gasteiger partial charge in [0.05, 0.1) is 10.5 Å². The van der Waals surface area contributed by atoms with E-state index in [9.17, 15) is 14.9 Å². The van der Waals surface area contributed by atoms with Gasteiger partial charge in [-0.3, -0.25) is 14.9 Å². The van der Waals surface area contributed by atoms with Crippen LogP contribution >= 0.6 is 0 Å². The number of hydrogen-bond acceptors (Lipinski definition) is 5. The van der Waals surface area contributed by atoms with Crippen LogP contribution in [0, 0.1) is 10.1 Å². The van der Waals surface area contributed by atoms with E-state index in [-0.39, 0.29) is 22.7 Å². The Bertz CT molecular complexity index is 541. The third kappa shape index (κ3) is 4.16. The molecule has 116 valence electrons. The lowest BCUT2D eigenvalue weighted by molar-refractivity contribution is -0.384. The number of anilines is 1. The highest BCUT2D eigenvalue weighted by molar-refractivity contribution is 6.00. The van der Waals surface area contributed by atoms with Crippen LogP contribution in [0.15, 0.2) is 18.2 Å². The third-order valence-electron chi connectivity index (χ3n) is 3.62. The zero-order chi connectivity index (χ0) is 16.2. The second kappa shape index (κ2) is 6.53. The van der Waals surface area contributed by atoms with Crippen LogP contribution in [0.1, 0.15) is 24.2 Å². The number of nitro groups is 1. The predicted octanol–water partition coefficient (Wildman–Crippen LogP) is 1.71. The van der Waals surface area contributed by atoms with E-state index in [1.165, 1.54) is 18.2 Å². The molecule has 1 aromatic rings. The first kappa shape index (κ1) is 16.9. The van der Waals surface area contributed by atoms with Gasteiger partial charge < -0.3 is 15.5 Å². The number of rotatable bonds is 6. The summed E-state index contributed by atoms with van der Waals surface area (Å²) < 4.78 is 0. The van der Waals surface area contributed by atoms with Gasteiger partial charge in [-0.25, -0.2) is 0 Å². The van der Waals surface area contributed by atoms with Crippen LogP contribution in [0.3, 0.4) is 0 Å². The van der Waals surface area contributed by atoms with Crippen molar-refractivity contribution in [2.24, 2.45) is 0 Å². The van der Waals surface area contributed by atoms with Crippen molar-refractivity contribution >= 4 is 17.3 Å². The van der Waals surface area contributed by atoms with E-state index >= 15 is 0 Å². The van der Waals surface area contributed by atoms with Gasteiger partial charge in [-0.05, 0) is 34.0 Å². The molecule has 7 heteroatoms. The van der Waals surface area contributed by atoms with Crippen LogP contribution in [-0.4, -0.2) is 49.0 Å². The third-order valence-corrected chi connectivity index (χ3v) is 3.62. The highest BCUT2D eigenvalue weighted by Crippen LogP contribution is 2.22. The zero-order valence-corrected chi connectivity index (χ0v) is 13.1. The van der Waals surface area contributed by atoms with Gasteiger partial charge in [-0.1, -0.05) is 0 Å². The number of nitrogens with zero attached hydrogens (tertiary/aromatic N) is 2. The van der Waals surface area contributed by atoms with Crippen molar-refractivity contribution in [1.29, 1.82) is 0 Å². The molecule has 0 unspecified atom stereocenters. The van der Waals surface area contributed by atoms with Crippen LogP contribution in [0.2, 0.25) is 0 Å². The van der Waals surface area contributed by atoms with Gasteiger partial charge in [0.15, 0.2) is 0 Å². The molecule has 0 aliphatic carbocycles. The summed E-state index contributed by atoms with van der Waals surface area (Å²) >= 11 is 0. The van der Waals surface area contributed by atoms with E-state index in [0.29, 0.717) is 12.2 Å². The molecule has 0 bridgehead atoms. The average molecular weight is 294 g/mol. The number of nitrogens with one attached hydrogen (secondary N) is 2. The lowest BCUT2D eigenvalue weighted by Crippen LogP contribution is -2.48. The topological polar surface area (TPSA) is 87.5 Å². The van der Waals surface area contributed by atoms with Gasteiger partial charge in [0.25, 0.3) is 11.6 Å². The monoisotopic (exact) mass is 294 g/mol. The minimum atomic E-state index is -0.514. The molecule has 0 aromatic heterocycles. The highest BCUT2D eigenvalue weighted by Gasteiger charge is 2.23. The molecule has 2 N–H and O–H groups in total. The molecule has 1 aromatic carbocycles. The van der Waals surface area contributed by atoms with Crippen LogP contribution in [-0.2, 0) is 0 Å². The molecule has 0 atom stereocenters. The van der Waals surface area contributed by atoms with Crippen molar-refractivity contribution in [3.8, 4) is 0 Å². The van der Waals surface area contributed by atoms with Crippen molar-refractivity contribution in [2.75, 3.05) is 33.0 Å². The number of benzene rings is 1. The number of carbonyl (C=O) groups is 1. The normalized spacial score (nSPS) is 11.3. The van der Waals surface area contributed by atoms with E-state index in [4.69, 9.17) is 0 Å². The molecule has 0 fully saturated rings.